The number of hydrogen-bond acceptors (Lipinski definition) is 6. The molecule has 1 aliphatic heterocycles. The summed E-state index contributed by atoms with van der Waals surface area (Å²) in [6, 6.07) is 12.6. The molecule has 33 heavy (non-hydrogen) atoms. The Morgan fingerprint density at radius 2 is 1.52 bits per heavy atom. The summed E-state index contributed by atoms with van der Waals surface area (Å²) in [6.07, 6.45) is 0.864. The Morgan fingerprint density at radius 3 is 2.03 bits per heavy atom. The molecule has 1 aliphatic rings. The summed E-state index contributed by atoms with van der Waals surface area (Å²) in [5, 5.41) is 2.87. The number of carbonyl (C=O) groups is 1. The molecule has 0 unspecified atom stereocenters. The number of amides is 1. The van der Waals surface area contributed by atoms with Crippen molar-refractivity contribution in [3.05, 3.63) is 54.1 Å². The van der Waals surface area contributed by atoms with Gasteiger partial charge in [-0.15, -0.1) is 0 Å². The van der Waals surface area contributed by atoms with Crippen LogP contribution in [0.25, 0.3) is 0 Å². The predicted octanol–water partition coefficient (Wildman–Crippen LogP) is 1.66. The Hall–Kier alpha value is -2.47. The van der Waals surface area contributed by atoms with Gasteiger partial charge in [0.15, 0.2) is 0 Å². The van der Waals surface area contributed by atoms with Gasteiger partial charge in [0, 0.05) is 39.6 Å². The average molecular weight is 496 g/mol. The number of nitrogens with zero attached hydrogens (tertiary/aromatic N) is 2. The molecule has 0 aliphatic carbocycles. The fraction of sp³-hybridized carbons (Fsp3) is 0.409. The van der Waals surface area contributed by atoms with E-state index in [1.165, 1.54) is 49.8 Å². The van der Waals surface area contributed by atoms with Gasteiger partial charge in [0.25, 0.3) is 0 Å². The lowest BCUT2D eigenvalue weighted by atomic mass is 9.97. The minimum Gasteiger partial charge on any atom is -0.497 e. The molecule has 3 rings (SSSR count). The third kappa shape index (κ3) is 5.72. The molecule has 1 fully saturated rings. The SMILES string of the molecule is COc1ccc(S(=O)(=O)N2CCC(C(=O)NCc3ccc(S(=O)(=O)N(C)C)cc3)CC2)cc1. The minimum atomic E-state index is -3.62. The Morgan fingerprint density at radius 1 is 0.970 bits per heavy atom. The van der Waals surface area contributed by atoms with Crippen LogP contribution < -0.4 is 10.1 Å². The van der Waals surface area contributed by atoms with Gasteiger partial charge >= 0.3 is 0 Å². The summed E-state index contributed by atoms with van der Waals surface area (Å²) >= 11 is 0. The van der Waals surface area contributed by atoms with E-state index in [4.69, 9.17) is 4.74 Å². The lowest BCUT2D eigenvalue weighted by molar-refractivity contribution is -0.126. The van der Waals surface area contributed by atoms with E-state index in [1.54, 1.807) is 24.3 Å². The average Bonchev–Trinajstić information content (AvgIpc) is 2.82. The van der Waals surface area contributed by atoms with Crippen LogP contribution in [0, 0.1) is 5.92 Å². The first-order valence-electron chi connectivity index (χ1n) is 10.5. The molecule has 1 amide bonds. The van der Waals surface area contributed by atoms with E-state index < -0.39 is 20.0 Å². The number of benzene rings is 2. The summed E-state index contributed by atoms with van der Waals surface area (Å²) in [5.41, 5.74) is 0.778. The van der Waals surface area contributed by atoms with E-state index in [0.29, 0.717) is 18.6 Å². The molecule has 11 heteroatoms. The molecule has 2 aromatic rings. The molecular formula is C22H29N3O6S2. The molecular weight excluding hydrogens is 466 g/mol. The third-order valence-electron chi connectivity index (χ3n) is 5.69. The number of carbonyl (C=O) groups excluding carboxylic acids is 1. The lowest BCUT2D eigenvalue weighted by Gasteiger charge is -2.30. The van der Waals surface area contributed by atoms with E-state index in [9.17, 15) is 21.6 Å². The van der Waals surface area contributed by atoms with E-state index in [-0.39, 0.29) is 41.3 Å². The van der Waals surface area contributed by atoms with Gasteiger partial charge in [0.05, 0.1) is 16.9 Å². The molecule has 0 saturated carbocycles. The fourth-order valence-corrected chi connectivity index (χ4v) is 5.95. The largest absolute Gasteiger partial charge is 0.497 e. The van der Waals surface area contributed by atoms with Crippen LogP contribution in [0.2, 0.25) is 0 Å². The molecule has 1 saturated heterocycles. The second kappa shape index (κ2) is 10.2. The van der Waals surface area contributed by atoms with Crippen LogP contribution in [0.15, 0.2) is 58.3 Å². The topological polar surface area (TPSA) is 113 Å². The summed E-state index contributed by atoms with van der Waals surface area (Å²) < 4.78 is 57.6. The van der Waals surface area contributed by atoms with Crippen molar-refractivity contribution in [1.82, 2.24) is 13.9 Å². The second-order valence-electron chi connectivity index (χ2n) is 8.00. The minimum absolute atomic E-state index is 0.138. The van der Waals surface area contributed by atoms with Crippen LogP contribution in [0.4, 0.5) is 0 Å². The number of ether oxygens (including phenoxy) is 1. The molecule has 1 N–H and O–H groups in total. The smallest absolute Gasteiger partial charge is 0.243 e. The van der Waals surface area contributed by atoms with Gasteiger partial charge < -0.3 is 10.1 Å². The zero-order chi connectivity index (χ0) is 24.2. The maximum absolute atomic E-state index is 12.9. The third-order valence-corrected chi connectivity index (χ3v) is 9.43. The zero-order valence-corrected chi connectivity index (χ0v) is 20.5. The van der Waals surface area contributed by atoms with E-state index in [1.807, 2.05) is 0 Å². The van der Waals surface area contributed by atoms with Crippen LogP contribution in [0.5, 0.6) is 5.75 Å². The van der Waals surface area contributed by atoms with Crippen molar-refractivity contribution in [2.75, 3.05) is 34.3 Å². The molecule has 0 bridgehead atoms. The van der Waals surface area contributed by atoms with Gasteiger partial charge in [0.1, 0.15) is 5.75 Å². The first-order valence-corrected chi connectivity index (χ1v) is 13.4. The monoisotopic (exact) mass is 495 g/mol. The zero-order valence-electron chi connectivity index (χ0n) is 18.9. The number of hydrogen-bond donors (Lipinski definition) is 1. The molecule has 0 atom stereocenters. The van der Waals surface area contributed by atoms with Crippen LogP contribution in [0.3, 0.4) is 0 Å². The Balaban J connectivity index is 1.53. The van der Waals surface area contributed by atoms with Gasteiger partial charge in [-0.2, -0.15) is 4.31 Å². The molecule has 9 nitrogen and oxygen atoms in total. The first-order chi connectivity index (χ1) is 15.6. The van der Waals surface area contributed by atoms with Crippen molar-refractivity contribution in [1.29, 1.82) is 0 Å². The highest BCUT2D eigenvalue weighted by Crippen LogP contribution is 2.25. The second-order valence-corrected chi connectivity index (χ2v) is 12.1. The lowest BCUT2D eigenvalue weighted by Crippen LogP contribution is -2.42. The van der Waals surface area contributed by atoms with Gasteiger partial charge in [-0.25, -0.2) is 21.1 Å². The predicted molar refractivity (Wildman–Crippen MR) is 124 cm³/mol. The molecule has 0 spiro atoms. The number of piperidine rings is 1. The molecule has 180 valence electrons. The number of rotatable bonds is 8. The summed E-state index contributed by atoms with van der Waals surface area (Å²) in [6.45, 7) is 0.804. The molecule has 2 aromatic carbocycles. The molecule has 1 heterocycles. The number of sulfonamides is 2. The van der Waals surface area contributed by atoms with Crippen molar-refractivity contribution >= 4 is 26.0 Å². The normalized spacial score (nSPS) is 16.0. The van der Waals surface area contributed by atoms with Crippen LogP contribution in [-0.2, 0) is 31.4 Å². The van der Waals surface area contributed by atoms with E-state index in [2.05, 4.69) is 5.32 Å². The summed E-state index contributed by atoms with van der Waals surface area (Å²) in [4.78, 5) is 13.0. The highest BCUT2D eigenvalue weighted by molar-refractivity contribution is 7.89. The van der Waals surface area contributed by atoms with Gasteiger partial charge in [0.2, 0.25) is 26.0 Å². The standard InChI is InChI=1S/C22H29N3O6S2/c1-24(2)32(27,28)20-8-4-17(5-9-20)16-23-22(26)18-12-14-25(15-13-18)33(29,30)21-10-6-19(31-3)7-11-21/h4-11,18H,12-16H2,1-3H3,(H,23,26). The first kappa shape index (κ1) is 25.2. The maximum Gasteiger partial charge on any atom is 0.243 e. The van der Waals surface area contributed by atoms with Crippen molar-refractivity contribution in [3.63, 3.8) is 0 Å². The Kier molecular flexibility index (Phi) is 7.78. The highest BCUT2D eigenvalue weighted by Gasteiger charge is 2.32. The Labute approximate surface area is 195 Å². The van der Waals surface area contributed by atoms with Gasteiger partial charge in [-0.3, -0.25) is 4.79 Å². The van der Waals surface area contributed by atoms with Crippen LogP contribution in [0.1, 0.15) is 18.4 Å². The molecule has 0 aromatic heterocycles. The quantitative estimate of drug-likeness (QED) is 0.596. The van der Waals surface area contributed by atoms with Crippen molar-refractivity contribution in [2.24, 2.45) is 5.92 Å². The fourth-order valence-electron chi connectivity index (χ4n) is 3.58. The number of nitrogens with one attached hydrogen (secondary N) is 1. The van der Waals surface area contributed by atoms with Gasteiger partial charge in [-0.05, 0) is 54.8 Å². The van der Waals surface area contributed by atoms with Crippen molar-refractivity contribution in [3.8, 4) is 5.75 Å². The van der Waals surface area contributed by atoms with E-state index >= 15 is 0 Å². The van der Waals surface area contributed by atoms with Crippen molar-refractivity contribution in [2.45, 2.75) is 29.2 Å². The molecule has 0 radical (unpaired) electrons. The van der Waals surface area contributed by atoms with Crippen LogP contribution >= 0.6 is 0 Å². The Bertz CT molecular complexity index is 1170. The number of methoxy groups -OCH3 is 1. The van der Waals surface area contributed by atoms with Crippen LogP contribution in [-0.4, -0.2) is 65.6 Å². The maximum atomic E-state index is 12.9. The summed E-state index contributed by atoms with van der Waals surface area (Å²) in [5.74, 6) is 0.167. The van der Waals surface area contributed by atoms with Gasteiger partial charge in [-0.1, -0.05) is 12.1 Å². The van der Waals surface area contributed by atoms with Crippen molar-refractivity contribution < 1.29 is 26.4 Å². The highest BCUT2D eigenvalue weighted by atomic mass is 32.2. The van der Waals surface area contributed by atoms with E-state index in [0.717, 1.165) is 9.87 Å². The summed E-state index contributed by atoms with van der Waals surface area (Å²) in [7, 11) is -2.66.